The van der Waals surface area contributed by atoms with Crippen molar-refractivity contribution >= 4 is 16.3 Å². The summed E-state index contributed by atoms with van der Waals surface area (Å²) in [7, 11) is -5.07. The van der Waals surface area contributed by atoms with Crippen molar-refractivity contribution in [3.05, 3.63) is 0 Å². The van der Waals surface area contributed by atoms with Crippen molar-refractivity contribution in [1.29, 1.82) is 0 Å². The van der Waals surface area contributed by atoms with Gasteiger partial charge in [0.1, 0.15) is 24.4 Å². The van der Waals surface area contributed by atoms with Gasteiger partial charge in [-0.25, -0.2) is 4.18 Å². The molecule has 0 aromatic rings. The van der Waals surface area contributed by atoms with Crippen molar-refractivity contribution < 1.29 is 51.8 Å². The van der Waals surface area contributed by atoms with Crippen LogP contribution in [-0.4, -0.2) is 95.4 Å². The topological polar surface area (TPSA) is 192 Å². The van der Waals surface area contributed by atoms with Gasteiger partial charge in [-0.3, -0.25) is 9.35 Å². The lowest BCUT2D eigenvalue weighted by Crippen LogP contribution is -2.61. The standard InChI is InChI=1S/C40H79NO11S/c1-3-5-7-9-11-13-15-17-19-21-23-25-27-29-34(43)33(32-50-40-38(46)39(52-53(47,48)49)37(45)35(31-42)51-40)41-36(44)30-28-26-24-22-20-18-16-14-12-10-8-6-4-2/h33-35,37-40,42-43,45-46H,3-32H2,1-2H3,(H,41,44)(H,47,48,49). The van der Waals surface area contributed by atoms with Crippen molar-refractivity contribution in [2.45, 2.75) is 236 Å². The minimum absolute atomic E-state index is 0.229. The van der Waals surface area contributed by atoms with E-state index >= 15 is 0 Å². The quantitative estimate of drug-likeness (QED) is 0.0274. The minimum Gasteiger partial charge on any atom is -0.394 e. The molecule has 0 radical (unpaired) electrons. The zero-order valence-electron chi connectivity index (χ0n) is 33.3. The molecule has 0 spiro atoms. The van der Waals surface area contributed by atoms with Crippen LogP contribution in [-0.2, 0) is 28.9 Å². The van der Waals surface area contributed by atoms with Gasteiger partial charge in [-0.05, 0) is 12.8 Å². The molecule has 0 aromatic heterocycles. The Morgan fingerprint density at radius 1 is 0.679 bits per heavy atom. The Morgan fingerprint density at radius 2 is 1.09 bits per heavy atom. The Labute approximate surface area is 322 Å². The lowest BCUT2D eigenvalue weighted by Gasteiger charge is -2.41. The van der Waals surface area contributed by atoms with E-state index in [1.54, 1.807) is 0 Å². The van der Waals surface area contributed by atoms with Crippen molar-refractivity contribution in [1.82, 2.24) is 5.32 Å². The fraction of sp³-hybridized carbons (Fsp3) is 0.975. The zero-order valence-corrected chi connectivity index (χ0v) is 34.2. The fourth-order valence-corrected chi connectivity index (χ4v) is 7.56. The molecular formula is C40H79NO11S. The van der Waals surface area contributed by atoms with E-state index in [0.717, 1.165) is 51.4 Å². The van der Waals surface area contributed by atoms with E-state index in [4.69, 9.17) is 14.0 Å². The molecule has 316 valence electrons. The van der Waals surface area contributed by atoms with Crippen LogP contribution in [0.2, 0.25) is 0 Å². The lowest BCUT2D eigenvalue weighted by molar-refractivity contribution is -0.298. The van der Waals surface area contributed by atoms with Crippen LogP contribution in [0.25, 0.3) is 0 Å². The van der Waals surface area contributed by atoms with Gasteiger partial charge in [0.05, 0.1) is 25.4 Å². The fourth-order valence-electron chi connectivity index (χ4n) is 7.05. The molecule has 1 aliphatic rings. The molecule has 1 rings (SSSR count). The van der Waals surface area contributed by atoms with Crippen LogP contribution in [0.15, 0.2) is 0 Å². The van der Waals surface area contributed by atoms with Gasteiger partial charge in [0, 0.05) is 6.42 Å². The van der Waals surface area contributed by atoms with Crippen LogP contribution in [0.3, 0.4) is 0 Å². The first-order valence-electron chi connectivity index (χ1n) is 21.4. The van der Waals surface area contributed by atoms with Gasteiger partial charge in [0.2, 0.25) is 5.91 Å². The highest BCUT2D eigenvalue weighted by atomic mass is 32.3. The summed E-state index contributed by atoms with van der Waals surface area (Å²) in [5, 5.41) is 44.7. The van der Waals surface area contributed by atoms with E-state index in [0.29, 0.717) is 12.8 Å². The number of aliphatic hydroxyl groups excluding tert-OH is 4. The first-order valence-corrected chi connectivity index (χ1v) is 22.8. The van der Waals surface area contributed by atoms with Gasteiger partial charge < -0.3 is 35.2 Å². The first-order chi connectivity index (χ1) is 25.5. The summed E-state index contributed by atoms with van der Waals surface area (Å²) in [6, 6.07) is -0.849. The number of hydrogen-bond acceptors (Lipinski definition) is 10. The van der Waals surface area contributed by atoms with Crippen LogP contribution in [0.5, 0.6) is 0 Å². The molecule has 0 bridgehead atoms. The number of nitrogens with one attached hydrogen (secondary N) is 1. The number of carbonyl (C=O) groups is 1. The molecule has 1 fully saturated rings. The van der Waals surface area contributed by atoms with Crippen LogP contribution in [0, 0.1) is 0 Å². The van der Waals surface area contributed by atoms with E-state index in [2.05, 4.69) is 23.3 Å². The number of unbranched alkanes of at least 4 members (excludes halogenated alkanes) is 24. The summed E-state index contributed by atoms with van der Waals surface area (Å²) in [4.78, 5) is 13.0. The first kappa shape index (κ1) is 50.1. The van der Waals surface area contributed by atoms with E-state index in [1.807, 2.05) is 0 Å². The zero-order chi connectivity index (χ0) is 39.2. The second-order valence-electron chi connectivity index (χ2n) is 15.3. The maximum Gasteiger partial charge on any atom is 0.397 e. The number of hydrogen-bond donors (Lipinski definition) is 6. The molecule has 1 aliphatic heterocycles. The van der Waals surface area contributed by atoms with Gasteiger partial charge in [0.25, 0.3) is 0 Å². The monoisotopic (exact) mass is 782 g/mol. The maximum absolute atomic E-state index is 13.0. The van der Waals surface area contributed by atoms with Crippen molar-refractivity contribution in [3.8, 4) is 0 Å². The molecule has 13 heteroatoms. The molecule has 53 heavy (non-hydrogen) atoms. The summed E-state index contributed by atoms with van der Waals surface area (Å²) in [6.07, 6.45) is 22.5. The van der Waals surface area contributed by atoms with E-state index < -0.39 is 59.9 Å². The van der Waals surface area contributed by atoms with Gasteiger partial charge in [-0.1, -0.05) is 174 Å². The Bertz CT molecular complexity index is 972. The van der Waals surface area contributed by atoms with E-state index in [-0.39, 0.29) is 12.5 Å². The van der Waals surface area contributed by atoms with Crippen LogP contribution >= 0.6 is 0 Å². The van der Waals surface area contributed by atoms with Gasteiger partial charge in [-0.15, -0.1) is 0 Å². The molecule has 1 saturated heterocycles. The average molecular weight is 782 g/mol. The Hall–Kier alpha value is -0.900. The molecule has 1 heterocycles. The SMILES string of the molecule is CCCCCCCCCCCCCCCC(=O)NC(COC1OC(CO)C(O)C(OS(=O)(=O)O)C1O)C(O)CCCCCCCCCCCCCCC. The lowest BCUT2D eigenvalue weighted by atomic mass is 9.99. The van der Waals surface area contributed by atoms with Crippen molar-refractivity contribution in [3.63, 3.8) is 0 Å². The van der Waals surface area contributed by atoms with Crippen LogP contribution in [0.1, 0.15) is 194 Å². The highest BCUT2D eigenvalue weighted by Crippen LogP contribution is 2.26. The second-order valence-corrected chi connectivity index (χ2v) is 16.3. The number of aliphatic hydroxyl groups is 4. The summed E-state index contributed by atoms with van der Waals surface area (Å²) in [6.45, 7) is 3.43. The molecule has 1 amide bonds. The molecule has 0 saturated carbocycles. The number of amides is 1. The largest absolute Gasteiger partial charge is 0.397 e. The van der Waals surface area contributed by atoms with Crippen molar-refractivity contribution in [2.24, 2.45) is 0 Å². The smallest absolute Gasteiger partial charge is 0.394 e. The van der Waals surface area contributed by atoms with Gasteiger partial charge in [0.15, 0.2) is 6.29 Å². The maximum atomic E-state index is 13.0. The Balaban J connectivity index is 2.55. The van der Waals surface area contributed by atoms with Gasteiger partial charge in [-0.2, -0.15) is 8.42 Å². The molecule has 0 aliphatic carbocycles. The Morgan fingerprint density at radius 3 is 1.51 bits per heavy atom. The van der Waals surface area contributed by atoms with E-state index in [9.17, 15) is 33.6 Å². The average Bonchev–Trinajstić information content (AvgIpc) is 3.12. The normalized spacial score (nSPS) is 21.8. The number of ether oxygens (including phenoxy) is 2. The second kappa shape index (κ2) is 32.2. The third-order valence-corrected chi connectivity index (χ3v) is 10.9. The molecule has 6 N–H and O–H groups in total. The summed E-state index contributed by atoms with van der Waals surface area (Å²) in [5.74, 6) is -0.229. The highest BCUT2D eigenvalue weighted by molar-refractivity contribution is 7.80. The molecular weight excluding hydrogens is 703 g/mol. The number of rotatable bonds is 36. The third kappa shape index (κ3) is 25.8. The molecule has 12 nitrogen and oxygen atoms in total. The van der Waals surface area contributed by atoms with E-state index in [1.165, 1.54) is 116 Å². The van der Waals surface area contributed by atoms with Gasteiger partial charge >= 0.3 is 10.4 Å². The number of carbonyl (C=O) groups excluding carboxylic acids is 1. The predicted molar refractivity (Wildman–Crippen MR) is 209 cm³/mol. The summed E-state index contributed by atoms with van der Waals surface area (Å²) < 4.78 is 47.5. The molecule has 7 atom stereocenters. The molecule has 7 unspecified atom stereocenters. The molecule has 0 aromatic carbocycles. The highest BCUT2D eigenvalue weighted by Gasteiger charge is 2.48. The summed E-state index contributed by atoms with van der Waals surface area (Å²) >= 11 is 0. The predicted octanol–water partition coefficient (Wildman–Crippen LogP) is 7.44. The third-order valence-electron chi connectivity index (χ3n) is 10.4. The minimum atomic E-state index is -5.07. The summed E-state index contributed by atoms with van der Waals surface area (Å²) in [5.41, 5.74) is 0. The van der Waals surface area contributed by atoms with Crippen molar-refractivity contribution in [2.75, 3.05) is 13.2 Å². The van der Waals surface area contributed by atoms with Crippen LogP contribution in [0.4, 0.5) is 0 Å². The van der Waals surface area contributed by atoms with Crippen LogP contribution < -0.4 is 5.32 Å². The Kier molecular flexibility index (Phi) is 30.5.